The maximum Gasteiger partial charge on any atom is 0.355 e. The number of Topliss-reactive ketones (excluding diaryl/α,β-unsaturated/α-hetero) is 1. The van der Waals surface area contributed by atoms with Crippen LogP contribution in [-0.2, 0) is 23.1 Å². The molecule has 0 radical (unpaired) electrons. The topological polar surface area (TPSA) is 108 Å². The van der Waals surface area contributed by atoms with E-state index in [1.54, 1.807) is 11.8 Å². The standard InChI is InChI=1S/C26H37N6O4/c1-7-17-15-22-31(29-25(27)32(22)28-24(17)36-8-2)16-21(33)18-13-19(26(3,4)5)23(34-6)20(14-18)30-9-11-35-12-10-30/h13-15H,7-12,16H2,1-6H3,(H2,27,29)/q+1. The van der Waals surface area contributed by atoms with Crippen molar-refractivity contribution in [2.75, 3.05) is 50.7 Å². The van der Waals surface area contributed by atoms with Crippen LogP contribution in [0.3, 0.4) is 0 Å². The predicted molar refractivity (Wildman–Crippen MR) is 137 cm³/mol. The molecule has 1 aromatic carbocycles. The molecular weight excluding hydrogens is 460 g/mol. The molecule has 4 rings (SSSR count). The molecule has 1 aliphatic heterocycles. The van der Waals surface area contributed by atoms with Crippen LogP contribution >= 0.6 is 0 Å². The maximum absolute atomic E-state index is 13.7. The number of aryl methyl sites for hydroxylation is 1. The molecule has 0 saturated carbocycles. The second-order valence-electron chi connectivity index (χ2n) is 9.90. The van der Waals surface area contributed by atoms with Crippen LogP contribution in [0, 0.1) is 0 Å². The number of carbonyl (C=O) groups excluding carboxylic acids is 1. The molecule has 0 spiro atoms. The number of rotatable bonds is 8. The first-order chi connectivity index (χ1) is 17.2. The highest BCUT2D eigenvalue weighted by atomic mass is 16.5. The van der Waals surface area contributed by atoms with Crippen LogP contribution in [0.25, 0.3) is 5.65 Å². The van der Waals surface area contributed by atoms with Crippen molar-refractivity contribution in [1.82, 2.24) is 14.7 Å². The number of benzene rings is 1. The fourth-order valence-corrected chi connectivity index (χ4v) is 4.50. The highest BCUT2D eigenvalue weighted by molar-refractivity contribution is 5.97. The van der Waals surface area contributed by atoms with Gasteiger partial charge < -0.3 is 24.8 Å². The number of nitrogens with zero attached hydrogens (tertiary/aromatic N) is 5. The zero-order valence-corrected chi connectivity index (χ0v) is 22.1. The molecule has 2 aromatic heterocycles. The number of nitrogen functional groups attached to an aromatic ring is 1. The van der Waals surface area contributed by atoms with Gasteiger partial charge in [-0.2, -0.15) is 0 Å². The number of hydrogen-bond acceptors (Lipinski definition) is 8. The Balaban J connectivity index is 1.76. The molecule has 0 amide bonds. The third-order valence-corrected chi connectivity index (χ3v) is 6.40. The molecule has 2 N–H and O–H groups in total. The normalized spacial score (nSPS) is 14.3. The molecule has 1 fully saturated rings. The predicted octanol–water partition coefficient (Wildman–Crippen LogP) is 2.59. The van der Waals surface area contributed by atoms with E-state index in [1.165, 1.54) is 4.52 Å². The van der Waals surface area contributed by atoms with Gasteiger partial charge in [-0.25, -0.2) is 0 Å². The van der Waals surface area contributed by atoms with Gasteiger partial charge in [0.25, 0.3) is 5.88 Å². The fourth-order valence-electron chi connectivity index (χ4n) is 4.50. The first-order valence-electron chi connectivity index (χ1n) is 12.5. The average molecular weight is 498 g/mol. The molecule has 0 aliphatic carbocycles. The summed E-state index contributed by atoms with van der Waals surface area (Å²) in [5.74, 6) is 1.44. The molecule has 3 aromatic rings. The van der Waals surface area contributed by atoms with E-state index in [4.69, 9.17) is 19.9 Å². The summed E-state index contributed by atoms with van der Waals surface area (Å²) in [6.07, 6.45) is 0.730. The van der Waals surface area contributed by atoms with Crippen LogP contribution in [-0.4, -0.2) is 60.5 Å². The van der Waals surface area contributed by atoms with Gasteiger partial charge in [-0.1, -0.05) is 32.2 Å². The molecule has 0 unspecified atom stereocenters. The van der Waals surface area contributed by atoms with Crippen LogP contribution in [0.1, 0.15) is 56.1 Å². The van der Waals surface area contributed by atoms with E-state index in [-0.39, 0.29) is 23.7 Å². The number of fused-ring (bicyclic) bond motifs is 1. The zero-order chi connectivity index (χ0) is 26.0. The van der Waals surface area contributed by atoms with E-state index in [0.29, 0.717) is 36.9 Å². The molecule has 36 heavy (non-hydrogen) atoms. The van der Waals surface area contributed by atoms with Crippen molar-refractivity contribution in [2.45, 2.75) is 53.0 Å². The maximum atomic E-state index is 13.7. The lowest BCUT2D eigenvalue weighted by Crippen LogP contribution is -2.41. The number of methoxy groups -OCH3 is 1. The summed E-state index contributed by atoms with van der Waals surface area (Å²) >= 11 is 0. The first kappa shape index (κ1) is 25.7. The van der Waals surface area contributed by atoms with Crippen molar-refractivity contribution < 1.29 is 23.7 Å². The quantitative estimate of drug-likeness (QED) is 0.374. The van der Waals surface area contributed by atoms with E-state index in [2.05, 4.69) is 35.9 Å². The molecule has 0 bridgehead atoms. The molecule has 3 heterocycles. The molecule has 0 atom stereocenters. The number of aromatic nitrogens is 4. The largest absolute Gasteiger partial charge is 0.494 e. The van der Waals surface area contributed by atoms with Crippen molar-refractivity contribution in [3.8, 4) is 11.6 Å². The van der Waals surface area contributed by atoms with Gasteiger partial charge in [0.1, 0.15) is 5.75 Å². The summed E-state index contributed by atoms with van der Waals surface area (Å²) < 4.78 is 20.2. The van der Waals surface area contributed by atoms with E-state index >= 15 is 0 Å². The van der Waals surface area contributed by atoms with Gasteiger partial charge in [-0.15, -0.1) is 4.68 Å². The SMILES string of the molecule is CCOc1nn2c(N)n[n+](CC(=O)c3cc(N4CCOCC4)c(OC)c(C(C)(C)C)c3)c2cc1CC. The molecular formula is C26H37N6O4+. The second-order valence-corrected chi connectivity index (χ2v) is 9.90. The van der Waals surface area contributed by atoms with Gasteiger partial charge in [-0.05, 0) is 41.1 Å². The smallest absolute Gasteiger partial charge is 0.355 e. The molecule has 1 saturated heterocycles. The van der Waals surface area contributed by atoms with E-state index in [0.717, 1.165) is 42.1 Å². The first-order valence-corrected chi connectivity index (χ1v) is 12.5. The van der Waals surface area contributed by atoms with Crippen molar-refractivity contribution in [3.63, 3.8) is 0 Å². The Hall–Kier alpha value is -3.40. The van der Waals surface area contributed by atoms with Crippen molar-refractivity contribution in [3.05, 3.63) is 34.9 Å². The third-order valence-electron chi connectivity index (χ3n) is 6.40. The number of ether oxygens (including phenoxy) is 3. The minimum atomic E-state index is -0.225. The molecule has 10 nitrogen and oxygen atoms in total. The van der Waals surface area contributed by atoms with Gasteiger partial charge in [-0.3, -0.25) is 4.79 Å². The van der Waals surface area contributed by atoms with Crippen molar-refractivity contribution in [1.29, 1.82) is 0 Å². The summed E-state index contributed by atoms with van der Waals surface area (Å²) in [6.45, 7) is 13.6. The van der Waals surface area contributed by atoms with Crippen LogP contribution in [0.2, 0.25) is 0 Å². The summed E-state index contributed by atoms with van der Waals surface area (Å²) in [7, 11) is 1.68. The number of morpholine rings is 1. The lowest BCUT2D eigenvalue weighted by molar-refractivity contribution is -0.714. The number of nitrogens with two attached hydrogens (primary N) is 1. The van der Waals surface area contributed by atoms with Crippen LogP contribution in [0.5, 0.6) is 11.6 Å². The number of ketones is 1. The highest BCUT2D eigenvalue weighted by Crippen LogP contribution is 2.40. The van der Waals surface area contributed by atoms with Gasteiger partial charge in [0.15, 0.2) is 6.54 Å². The van der Waals surface area contributed by atoms with E-state index in [1.807, 2.05) is 32.0 Å². The molecule has 194 valence electrons. The summed E-state index contributed by atoms with van der Waals surface area (Å²) in [4.78, 5) is 15.9. The fraction of sp³-hybridized carbons (Fsp3) is 0.538. The minimum absolute atomic E-state index is 0.0258. The zero-order valence-electron chi connectivity index (χ0n) is 22.1. The Labute approximate surface area is 211 Å². The second kappa shape index (κ2) is 10.3. The van der Waals surface area contributed by atoms with Crippen LogP contribution in [0.15, 0.2) is 18.2 Å². The lowest BCUT2D eigenvalue weighted by Gasteiger charge is -2.33. The van der Waals surface area contributed by atoms with Crippen LogP contribution in [0.4, 0.5) is 11.6 Å². The number of carbonyl (C=O) groups is 1. The van der Waals surface area contributed by atoms with Gasteiger partial charge in [0.05, 0.1) is 32.6 Å². The minimum Gasteiger partial charge on any atom is -0.494 e. The number of anilines is 2. The summed E-state index contributed by atoms with van der Waals surface area (Å²) in [6, 6.07) is 5.80. The van der Waals surface area contributed by atoms with Crippen LogP contribution < -0.4 is 24.8 Å². The molecule has 10 heteroatoms. The Morgan fingerprint density at radius 3 is 2.53 bits per heavy atom. The Kier molecular flexibility index (Phi) is 7.35. The van der Waals surface area contributed by atoms with Gasteiger partial charge in [0.2, 0.25) is 5.78 Å². The Morgan fingerprint density at radius 2 is 1.92 bits per heavy atom. The average Bonchev–Trinajstić information content (AvgIpc) is 3.16. The Morgan fingerprint density at radius 1 is 1.19 bits per heavy atom. The summed E-state index contributed by atoms with van der Waals surface area (Å²) in [5, 5.41) is 8.94. The van der Waals surface area contributed by atoms with Gasteiger partial charge in [0, 0.05) is 35.8 Å². The van der Waals surface area contributed by atoms with Crippen molar-refractivity contribution >= 4 is 23.1 Å². The third kappa shape index (κ3) is 4.95. The molecule has 1 aliphatic rings. The summed E-state index contributed by atoms with van der Waals surface area (Å²) in [5.41, 5.74) is 9.99. The number of hydrogen-bond donors (Lipinski definition) is 1. The lowest BCUT2D eigenvalue weighted by atomic mass is 9.84. The highest BCUT2D eigenvalue weighted by Gasteiger charge is 2.29. The van der Waals surface area contributed by atoms with E-state index < -0.39 is 0 Å². The van der Waals surface area contributed by atoms with Crippen molar-refractivity contribution in [2.24, 2.45) is 0 Å². The Bertz CT molecular complexity index is 1260. The monoisotopic (exact) mass is 497 g/mol. The van der Waals surface area contributed by atoms with Gasteiger partial charge >= 0.3 is 11.6 Å². The van der Waals surface area contributed by atoms with E-state index in [9.17, 15) is 4.79 Å².